The van der Waals surface area contributed by atoms with Crippen LogP contribution in [-0.2, 0) is 18.3 Å². The van der Waals surface area contributed by atoms with E-state index in [1.807, 2.05) is 7.05 Å². The van der Waals surface area contributed by atoms with Crippen LogP contribution in [0.3, 0.4) is 0 Å². The van der Waals surface area contributed by atoms with Gasteiger partial charge >= 0.3 is 5.97 Å². The molecule has 0 aromatic carbocycles. The Labute approximate surface area is 119 Å². The molecule has 1 saturated carbocycles. The van der Waals surface area contributed by atoms with E-state index in [2.05, 4.69) is 10.4 Å². The van der Waals surface area contributed by atoms with Gasteiger partial charge < -0.3 is 15.2 Å². The van der Waals surface area contributed by atoms with E-state index in [1.165, 1.54) is 0 Å². The van der Waals surface area contributed by atoms with Gasteiger partial charge in [0.2, 0.25) is 0 Å². The summed E-state index contributed by atoms with van der Waals surface area (Å²) in [6.45, 7) is 2.92. The fourth-order valence-electron chi connectivity index (χ4n) is 2.80. The Morgan fingerprint density at radius 1 is 1.60 bits per heavy atom. The summed E-state index contributed by atoms with van der Waals surface area (Å²) in [7, 11) is 1.82. The summed E-state index contributed by atoms with van der Waals surface area (Å²) in [4.78, 5) is 11.9. The van der Waals surface area contributed by atoms with Crippen LogP contribution in [0.2, 0.25) is 0 Å². The highest BCUT2D eigenvalue weighted by Gasteiger charge is 2.27. The van der Waals surface area contributed by atoms with Gasteiger partial charge in [-0.1, -0.05) is 6.42 Å². The summed E-state index contributed by atoms with van der Waals surface area (Å²) in [5.74, 6) is -0.0169. The highest BCUT2D eigenvalue weighted by molar-refractivity contribution is 5.90. The van der Waals surface area contributed by atoms with Crippen LogP contribution in [0.1, 0.15) is 42.2 Å². The second-order valence-electron chi connectivity index (χ2n) is 5.21. The van der Waals surface area contributed by atoms with Crippen LogP contribution in [0.4, 0.5) is 0 Å². The van der Waals surface area contributed by atoms with Gasteiger partial charge in [-0.05, 0) is 25.7 Å². The molecular weight excluding hydrogens is 258 g/mol. The van der Waals surface area contributed by atoms with Gasteiger partial charge in [-0.3, -0.25) is 4.68 Å². The SMILES string of the molecule is CCOC(=O)c1cnn(C)c1CNC1CCCC1CO. The highest BCUT2D eigenvalue weighted by Crippen LogP contribution is 2.25. The predicted molar refractivity (Wildman–Crippen MR) is 74.2 cm³/mol. The summed E-state index contributed by atoms with van der Waals surface area (Å²) < 4.78 is 6.73. The number of nitrogens with one attached hydrogen (secondary N) is 1. The zero-order valence-corrected chi connectivity index (χ0v) is 12.1. The van der Waals surface area contributed by atoms with Gasteiger partial charge in [-0.15, -0.1) is 0 Å². The lowest BCUT2D eigenvalue weighted by Gasteiger charge is -2.19. The fraction of sp³-hybridized carbons (Fsp3) is 0.714. The molecule has 0 saturated heterocycles. The number of rotatable bonds is 6. The van der Waals surface area contributed by atoms with Crippen LogP contribution in [0, 0.1) is 5.92 Å². The maximum Gasteiger partial charge on any atom is 0.341 e. The van der Waals surface area contributed by atoms with Crippen molar-refractivity contribution in [3.63, 3.8) is 0 Å². The molecule has 2 unspecified atom stereocenters. The average molecular weight is 281 g/mol. The first-order chi connectivity index (χ1) is 9.67. The van der Waals surface area contributed by atoms with Crippen LogP contribution in [0.25, 0.3) is 0 Å². The number of aromatic nitrogens is 2. The van der Waals surface area contributed by atoms with Gasteiger partial charge in [-0.25, -0.2) is 4.79 Å². The summed E-state index contributed by atoms with van der Waals surface area (Å²) in [5, 5.41) is 16.9. The van der Waals surface area contributed by atoms with Crippen molar-refractivity contribution in [2.24, 2.45) is 13.0 Å². The Morgan fingerprint density at radius 2 is 2.40 bits per heavy atom. The zero-order valence-electron chi connectivity index (χ0n) is 12.1. The van der Waals surface area contributed by atoms with Crippen molar-refractivity contribution in [1.29, 1.82) is 0 Å². The van der Waals surface area contributed by atoms with E-state index in [9.17, 15) is 9.90 Å². The molecule has 112 valence electrons. The Hall–Kier alpha value is -1.40. The number of carbonyl (C=O) groups is 1. The highest BCUT2D eigenvalue weighted by atomic mass is 16.5. The molecule has 1 aliphatic rings. The van der Waals surface area contributed by atoms with Crippen LogP contribution in [-0.4, -0.2) is 40.1 Å². The molecule has 1 aromatic heterocycles. The number of aryl methyl sites for hydroxylation is 1. The van der Waals surface area contributed by atoms with E-state index in [0.29, 0.717) is 30.7 Å². The van der Waals surface area contributed by atoms with Gasteiger partial charge in [0.05, 0.1) is 18.5 Å². The molecule has 6 nitrogen and oxygen atoms in total. The molecule has 1 fully saturated rings. The molecular formula is C14H23N3O3. The number of ether oxygens (including phenoxy) is 1. The lowest BCUT2D eigenvalue weighted by Crippen LogP contribution is -2.34. The maximum absolute atomic E-state index is 11.9. The zero-order chi connectivity index (χ0) is 14.5. The van der Waals surface area contributed by atoms with E-state index < -0.39 is 0 Å². The Bertz CT molecular complexity index is 459. The van der Waals surface area contributed by atoms with Gasteiger partial charge in [0.15, 0.2) is 0 Å². The first-order valence-corrected chi connectivity index (χ1v) is 7.19. The van der Waals surface area contributed by atoms with Crippen LogP contribution >= 0.6 is 0 Å². The summed E-state index contributed by atoms with van der Waals surface area (Å²) in [5.41, 5.74) is 1.34. The second-order valence-corrected chi connectivity index (χ2v) is 5.21. The van der Waals surface area contributed by atoms with Crippen molar-refractivity contribution >= 4 is 5.97 Å². The molecule has 0 bridgehead atoms. The van der Waals surface area contributed by atoms with E-state index >= 15 is 0 Å². The lowest BCUT2D eigenvalue weighted by molar-refractivity contribution is 0.0524. The van der Waals surface area contributed by atoms with E-state index in [0.717, 1.165) is 25.0 Å². The molecule has 0 radical (unpaired) electrons. The molecule has 1 aliphatic carbocycles. The standard InChI is InChI=1S/C14H23N3O3/c1-3-20-14(19)11-7-16-17(2)13(11)8-15-12-6-4-5-10(12)9-18/h7,10,12,15,18H,3-6,8-9H2,1-2H3. The number of carbonyl (C=O) groups excluding carboxylic acids is 1. The van der Waals surface area contributed by atoms with Crippen LogP contribution in [0.15, 0.2) is 6.20 Å². The first-order valence-electron chi connectivity index (χ1n) is 7.19. The topological polar surface area (TPSA) is 76.4 Å². The lowest BCUT2D eigenvalue weighted by atomic mass is 10.0. The van der Waals surface area contributed by atoms with E-state index in [4.69, 9.17) is 4.74 Å². The number of esters is 1. The molecule has 0 amide bonds. The normalized spacial score (nSPS) is 22.1. The van der Waals surface area contributed by atoms with E-state index in [-0.39, 0.29) is 12.6 Å². The Balaban J connectivity index is 2.02. The second kappa shape index (κ2) is 6.85. The third-order valence-corrected chi connectivity index (χ3v) is 3.98. The molecule has 2 N–H and O–H groups in total. The van der Waals surface area contributed by atoms with Gasteiger partial charge in [0.1, 0.15) is 5.56 Å². The summed E-state index contributed by atoms with van der Waals surface area (Å²) in [6, 6.07) is 0.310. The van der Waals surface area contributed by atoms with E-state index in [1.54, 1.807) is 17.8 Å². The fourth-order valence-corrected chi connectivity index (χ4v) is 2.80. The summed E-state index contributed by atoms with van der Waals surface area (Å²) >= 11 is 0. The smallest absolute Gasteiger partial charge is 0.341 e. The molecule has 2 atom stereocenters. The number of aliphatic hydroxyl groups excluding tert-OH is 1. The first kappa shape index (κ1) is 15.0. The minimum absolute atomic E-state index is 0.216. The number of aliphatic hydroxyl groups is 1. The third kappa shape index (κ3) is 3.19. The maximum atomic E-state index is 11.9. The minimum atomic E-state index is -0.331. The van der Waals surface area contributed by atoms with Crippen LogP contribution in [0.5, 0.6) is 0 Å². The van der Waals surface area contributed by atoms with Gasteiger partial charge in [0.25, 0.3) is 0 Å². The third-order valence-electron chi connectivity index (χ3n) is 3.98. The van der Waals surface area contributed by atoms with Crippen molar-refractivity contribution in [1.82, 2.24) is 15.1 Å². The predicted octanol–water partition coefficient (Wildman–Crippen LogP) is 0.847. The minimum Gasteiger partial charge on any atom is -0.462 e. The molecule has 0 spiro atoms. The number of hydrogen-bond donors (Lipinski definition) is 2. The molecule has 20 heavy (non-hydrogen) atoms. The molecule has 6 heteroatoms. The van der Waals surface area contributed by atoms with Crippen molar-refractivity contribution < 1.29 is 14.6 Å². The number of hydrogen-bond acceptors (Lipinski definition) is 5. The quantitative estimate of drug-likeness (QED) is 0.756. The molecule has 2 rings (SSSR count). The van der Waals surface area contributed by atoms with Crippen molar-refractivity contribution in [2.45, 2.75) is 38.8 Å². The molecule has 1 heterocycles. The Morgan fingerprint density at radius 3 is 3.10 bits per heavy atom. The summed E-state index contributed by atoms with van der Waals surface area (Å²) in [6.07, 6.45) is 4.81. The van der Waals surface area contributed by atoms with Crippen LogP contribution < -0.4 is 5.32 Å². The monoisotopic (exact) mass is 281 g/mol. The average Bonchev–Trinajstić information content (AvgIpc) is 3.03. The molecule has 1 aromatic rings. The van der Waals surface area contributed by atoms with Gasteiger partial charge in [0, 0.05) is 26.2 Å². The van der Waals surface area contributed by atoms with Crippen molar-refractivity contribution in [3.05, 3.63) is 17.5 Å². The van der Waals surface area contributed by atoms with Gasteiger partial charge in [-0.2, -0.15) is 5.10 Å². The number of nitrogens with zero attached hydrogens (tertiary/aromatic N) is 2. The Kier molecular flexibility index (Phi) is 5.14. The van der Waals surface area contributed by atoms with Crippen molar-refractivity contribution in [3.8, 4) is 0 Å². The molecule has 0 aliphatic heterocycles. The van der Waals surface area contributed by atoms with Crippen molar-refractivity contribution in [2.75, 3.05) is 13.2 Å². The largest absolute Gasteiger partial charge is 0.462 e.